The van der Waals surface area contributed by atoms with Crippen LogP contribution in [0, 0.1) is 0 Å². The SMILES string of the molecule is COc1ccc(Br)cc1C=CC(=O)NCC1(c2ccc(OC)c(OC)c2)CCCC1. The number of nitrogens with one attached hydrogen (secondary N) is 1. The number of carbonyl (C=O) groups excluding carboxylic acids is 1. The Morgan fingerprint density at radius 2 is 1.67 bits per heavy atom. The maximum absolute atomic E-state index is 12.6. The fourth-order valence-electron chi connectivity index (χ4n) is 4.10. The highest BCUT2D eigenvalue weighted by Gasteiger charge is 2.36. The number of carbonyl (C=O) groups is 1. The zero-order chi connectivity index (χ0) is 21.6. The van der Waals surface area contributed by atoms with E-state index in [4.69, 9.17) is 14.2 Å². The van der Waals surface area contributed by atoms with Gasteiger partial charge >= 0.3 is 0 Å². The Bertz CT molecular complexity index is 919. The van der Waals surface area contributed by atoms with Crippen LogP contribution in [-0.4, -0.2) is 33.8 Å². The van der Waals surface area contributed by atoms with Crippen molar-refractivity contribution in [2.45, 2.75) is 31.1 Å². The van der Waals surface area contributed by atoms with Crippen molar-refractivity contribution in [1.82, 2.24) is 5.32 Å². The number of hydrogen-bond donors (Lipinski definition) is 1. The predicted molar refractivity (Wildman–Crippen MR) is 122 cm³/mol. The van der Waals surface area contributed by atoms with Crippen molar-refractivity contribution in [3.05, 3.63) is 58.1 Å². The molecule has 1 N–H and O–H groups in total. The van der Waals surface area contributed by atoms with Gasteiger partial charge in [0.25, 0.3) is 0 Å². The summed E-state index contributed by atoms with van der Waals surface area (Å²) >= 11 is 3.45. The van der Waals surface area contributed by atoms with Crippen LogP contribution in [0.3, 0.4) is 0 Å². The molecule has 0 bridgehead atoms. The summed E-state index contributed by atoms with van der Waals surface area (Å²) in [4.78, 5) is 12.6. The molecule has 2 aromatic carbocycles. The third-order valence-electron chi connectivity index (χ3n) is 5.76. The van der Waals surface area contributed by atoms with Gasteiger partial charge in [-0.3, -0.25) is 4.79 Å². The van der Waals surface area contributed by atoms with Gasteiger partial charge in [-0.1, -0.05) is 34.8 Å². The Balaban J connectivity index is 1.74. The molecule has 1 amide bonds. The highest BCUT2D eigenvalue weighted by atomic mass is 79.9. The normalized spacial score (nSPS) is 15.2. The molecule has 0 heterocycles. The van der Waals surface area contributed by atoms with Crippen LogP contribution in [0.25, 0.3) is 6.08 Å². The van der Waals surface area contributed by atoms with Crippen molar-refractivity contribution in [2.24, 2.45) is 0 Å². The van der Waals surface area contributed by atoms with Crippen molar-refractivity contribution >= 4 is 27.9 Å². The van der Waals surface area contributed by atoms with Gasteiger partial charge in [-0.15, -0.1) is 0 Å². The molecule has 0 atom stereocenters. The largest absolute Gasteiger partial charge is 0.496 e. The van der Waals surface area contributed by atoms with Crippen molar-refractivity contribution in [2.75, 3.05) is 27.9 Å². The summed E-state index contributed by atoms with van der Waals surface area (Å²) < 4.78 is 17.2. The number of ether oxygens (including phenoxy) is 3. The molecule has 6 heteroatoms. The molecule has 0 aliphatic heterocycles. The summed E-state index contributed by atoms with van der Waals surface area (Å²) in [6.07, 6.45) is 7.70. The number of halogens is 1. The van der Waals surface area contributed by atoms with E-state index in [1.807, 2.05) is 30.3 Å². The average molecular weight is 474 g/mol. The molecule has 1 saturated carbocycles. The summed E-state index contributed by atoms with van der Waals surface area (Å²) in [6.45, 7) is 0.585. The van der Waals surface area contributed by atoms with E-state index in [2.05, 4.69) is 27.3 Å². The molecule has 3 rings (SSSR count). The average Bonchev–Trinajstić information content (AvgIpc) is 3.26. The lowest BCUT2D eigenvalue weighted by atomic mass is 9.78. The molecule has 0 radical (unpaired) electrons. The molecule has 160 valence electrons. The highest BCUT2D eigenvalue weighted by Crippen LogP contribution is 2.43. The van der Waals surface area contributed by atoms with Crippen LogP contribution in [0.2, 0.25) is 0 Å². The van der Waals surface area contributed by atoms with Crippen molar-refractivity contribution in [1.29, 1.82) is 0 Å². The Morgan fingerprint density at radius 3 is 2.33 bits per heavy atom. The summed E-state index contributed by atoms with van der Waals surface area (Å²) in [5.74, 6) is 2.03. The Morgan fingerprint density at radius 1 is 1.00 bits per heavy atom. The maximum Gasteiger partial charge on any atom is 0.244 e. The van der Waals surface area contributed by atoms with E-state index >= 15 is 0 Å². The highest BCUT2D eigenvalue weighted by molar-refractivity contribution is 9.10. The lowest BCUT2D eigenvalue weighted by Gasteiger charge is -2.30. The molecule has 1 aliphatic carbocycles. The molecule has 1 aliphatic rings. The number of benzene rings is 2. The van der Waals surface area contributed by atoms with Gasteiger partial charge in [0, 0.05) is 28.1 Å². The number of hydrogen-bond acceptors (Lipinski definition) is 4. The Labute approximate surface area is 186 Å². The van der Waals surface area contributed by atoms with Gasteiger partial charge in [-0.05, 0) is 54.8 Å². The van der Waals surface area contributed by atoms with Gasteiger partial charge in [0.2, 0.25) is 5.91 Å². The molecule has 0 unspecified atom stereocenters. The third-order valence-corrected chi connectivity index (χ3v) is 6.26. The first-order valence-corrected chi connectivity index (χ1v) is 10.8. The fraction of sp³-hybridized carbons (Fsp3) is 0.375. The number of amides is 1. The van der Waals surface area contributed by atoms with E-state index in [0.717, 1.165) is 41.5 Å². The van der Waals surface area contributed by atoms with E-state index < -0.39 is 0 Å². The van der Waals surface area contributed by atoms with Crippen molar-refractivity contribution < 1.29 is 19.0 Å². The van der Waals surface area contributed by atoms with Crippen LogP contribution in [0.5, 0.6) is 17.2 Å². The summed E-state index contributed by atoms with van der Waals surface area (Å²) in [7, 11) is 4.90. The molecule has 0 spiro atoms. The third kappa shape index (κ3) is 4.98. The Hall–Kier alpha value is -2.47. The molecule has 30 heavy (non-hydrogen) atoms. The number of rotatable bonds is 8. The predicted octanol–water partition coefficient (Wildman–Crippen LogP) is 5.12. The molecular formula is C24H28BrNO4. The minimum Gasteiger partial charge on any atom is -0.496 e. The zero-order valence-electron chi connectivity index (χ0n) is 17.7. The van der Waals surface area contributed by atoms with Gasteiger partial charge in [0.05, 0.1) is 21.3 Å². The second-order valence-electron chi connectivity index (χ2n) is 7.49. The van der Waals surface area contributed by atoms with Crippen LogP contribution in [0.4, 0.5) is 0 Å². The first kappa shape index (κ1) is 22.2. The summed E-state index contributed by atoms with van der Waals surface area (Å²) in [5, 5.41) is 3.10. The first-order valence-electron chi connectivity index (χ1n) is 10.0. The number of methoxy groups -OCH3 is 3. The zero-order valence-corrected chi connectivity index (χ0v) is 19.3. The van der Waals surface area contributed by atoms with E-state index in [1.54, 1.807) is 33.5 Å². The van der Waals surface area contributed by atoms with Crippen LogP contribution < -0.4 is 19.5 Å². The first-order chi connectivity index (χ1) is 14.5. The molecule has 0 aromatic heterocycles. The van der Waals surface area contributed by atoms with Gasteiger partial charge < -0.3 is 19.5 Å². The van der Waals surface area contributed by atoms with Gasteiger partial charge in [0.1, 0.15) is 5.75 Å². The van der Waals surface area contributed by atoms with E-state index in [-0.39, 0.29) is 11.3 Å². The van der Waals surface area contributed by atoms with Crippen LogP contribution >= 0.6 is 15.9 Å². The minimum absolute atomic E-state index is 0.0868. The van der Waals surface area contributed by atoms with E-state index in [0.29, 0.717) is 18.0 Å². The molecule has 0 saturated heterocycles. The minimum atomic E-state index is -0.121. The molecule has 5 nitrogen and oxygen atoms in total. The van der Waals surface area contributed by atoms with Crippen LogP contribution in [-0.2, 0) is 10.2 Å². The van der Waals surface area contributed by atoms with Crippen molar-refractivity contribution in [3.8, 4) is 17.2 Å². The summed E-state index contributed by atoms with van der Waals surface area (Å²) in [6, 6.07) is 11.8. The quantitative estimate of drug-likeness (QED) is 0.540. The Kier molecular flexibility index (Phi) is 7.43. The van der Waals surface area contributed by atoms with Gasteiger partial charge in [0.15, 0.2) is 11.5 Å². The topological polar surface area (TPSA) is 56.8 Å². The monoisotopic (exact) mass is 473 g/mol. The summed E-state index contributed by atoms with van der Waals surface area (Å²) in [5.41, 5.74) is 1.93. The lowest BCUT2D eigenvalue weighted by Crippen LogP contribution is -2.38. The molecule has 1 fully saturated rings. The fourth-order valence-corrected chi connectivity index (χ4v) is 4.48. The molecule has 2 aromatic rings. The smallest absolute Gasteiger partial charge is 0.244 e. The van der Waals surface area contributed by atoms with Crippen molar-refractivity contribution in [3.63, 3.8) is 0 Å². The maximum atomic E-state index is 12.6. The van der Waals surface area contributed by atoms with Gasteiger partial charge in [-0.25, -0.2) is 0 Å². The second-order valence-corrected chi connectivity index (χ2v) is 8.41. The standard InChI is InChI=1S/C24H28BrNO4/c1-28-20-10-8-19(25)14-17(20)6-11-23(27)26-16-24(12-4-5-13-24)18-7-9-21(29-2)22(15-18)30-3/h6-11,14-15H,4-5,12-13,16H2,1-3H3,(H,26,27). The molecular weight excluding hydrogens is 446 g/mol. The van der Waals surface area contributed by atoms with E-state index in [1.165, 1.54) is 5.56 Å². The van der Waals surface area contributed by atoms with E-state index in [9.17, 15) is 4.79 Å². The lowest BCUT2D eigenvalue weighted by molar-refractivity contribution is -0.116. The van der Waals surface area contributed by atoms with Gasteiger partial charge in [-0.2, -0.15) is 0 Å². The van der Waals surface area contributed by atoms with Crippen LogP contribution in [0.15, 0.2) is 46.9 Å². The van der Waals surface area contributed by atoms with Crippen LogP contribution in [0.1, 0.15) is 36.8 Å². The second kappa shape index (κ2) is 10.0.